The molecule has 21 heavy (non-hydrogen) atoms. The van der Waals surface area contributed by atoms with Crippen molar-refractivity contribution in [1.29, 1.82) is 0 Å². The Kier molecular flexibility index (Phi) is 4.19. The molecule has 1 fully saturated rings. The van der Waals surface area contributed by atoms with Crippen LogP contribution in [0.4, 0.5) is 5.69 Å². The Bertz CT molecular complexity index is 553. The number of rotatable bonds is 2. The highest BCUT2D eigenvalue weighted by Gasteiger charge is 2.28. The summed E-state index contributed by atoms with van der Waals surface area (Å²) >= 11 is 1.55. The highest BCUT2D eigenvalue weighted by atomic mass is 32.2. The Labute approximate surface area is 129 Å². The molecular formula is C16H20N2O2S. The number of thioether (sulfide) groups is 1. The van der Waals surface area contributed by atoms with Crippen LogP contribution >= 0.6 is 11.8 Å². The molecule has 0 saturated carbocycles. The normalized spacial score (nSPS) is 19.6. The van der Waals surface area contributed by atoms with E-state index in [1.165, 1.54) is 0 Å². The zero-order valence-electron chi connectivity index (χ0n) is 12.2. The first-order valence-electron chi connectivity index (χ1n) is 7.45. The minimum absolute atomic E-state index is 0.0254. The van der Waals surface area contributed by atoms with E-state index in [2.05, 4.69) is 6.92 Å². The van der Waals surface area contributed by atoms with Gasteiger partial charge in [-0.25, -0.2) is 0 Å². The SMILES string of the molecule is CC1CCN(C(=O)CN2C(=O)CSc3ccccc32)CC1. The minimum Gasteiger partial charge on any atom is -0.341 e. The van der Waals surface area contributed by atoms with Crippen LogP contribution in [0.15, 0.2) is 29.2 Å². The molecule has 3 rings (SSSR count). The van der Waals surface area contributed by atoms with E-state index in [1.54, 1.807) is 16.7 Å². The molecular weight excluding hydrogens is 284 g/mol. The molecule has 5 heteroatoms. The fraction of sp³-hybridized carbons (Fsp3) is 0.500. The summed E-state index contributed by atoms with van der Waals surface area (Å²) in [5, 5.41) is 0. The van der Waals surface area contributed by atoms with Crippen LogP contribution in [-0.4, -0.2) is 42.1 Å². The Morgan fingerprint density at radius 1 is 1.29 bits per heavy atom. The largest absolute Gasteiger partial charge is 0.341 e. The Morgan fingerprint density at radius 3 is 2.76 bits per heavy atom. The zero-order chi connectivity index (χ0) is 14.8. The molecule has 112 valence electrons. The summed E-state index contributed by atoms with van der Waals surface area (Å²) in [4.78, 5) is 29.2. The predicted octanol–water partition coefficient (Wildman–Crippen LogP) is 2.38. The van der Waals surface area contributed by atoms with Gasteiger partial charge >= 0.3 is 0 Å². The van der Waals surface area contributed by atoms with Crippen molar-refractivity contribution in [3.8, 4) is 0 Å². The summed E-state index contributed by atoms with van der Waals surface area (Å²) < 4.78 is 0. The van der Waals surface area contributed by atoms with E-state index in [0.29, 0.717) is 11.7 Å². The number of fused-ring (bicyclic) bond motifs is 1. The summed E-state index contributed by atoms with van der Waals surface area (Å²) in [7, 11) is 0. The summed E-state index contributed by atoms with van der Waals surface area (Å²) in [5.41, 5.74) is 0.873. The molecule has 2 heterocycles. The van der Waals surface area contributed by atoms with Gasteiger partial charge in [0.15, 0.2) is 0 Å². The highest BCUT2D eigenvalue weighted by molar-refractivity contribution is 8.00. The van der Waals surface area contributed by atoms with Gasteiger partial charge in [-0.05, 0) is 30.9 Å². The molecule has 0 radical (unpaired) electrons. The number of piperidine rings is 1. The Balaban J connectivity index is 1.72. The molecule has 2 aliphatic rings. The summed E-state index contributed by atoms with van der Waals surface area (Å²) in [6.07, 6.45) is 2.12. The maximum Gasteiger partial charge on any atom is 0.242 e. The lowest BCUT2D eigenvalue weighted by Gasteiger charge is -2.34. The van der Waals surface area contributed by atoms with Crippen molar-refractivity contribution in [1.82, 2.24) is 4.90 Å². The number of para-hydroxylation sites is 1. The maximum atomic E-state index is 12.5. The van der Waals surface area contributed by atoms with Gasteiger partial charge in [0.25, 0.3) is 0 Å². The fourth-order valence-electron chi connectivity index (χ4n) is 2.82. The second-order valence-corrected chi connectivity index (χ2v) is 6.82. The summed E-state index contributed by atoms with van der Waals surface area (Å²) in [6, 6.07) is 7.81. The van der Waals surface area contributed by atoms with Crippen LogP contribution in [0, 0.1) is 5.92 Å². The Morgan fingerprint density at radius 2 is 2.00 bits per heavy atom. The average molecular weight is 304 g/mol. The second kappa shape index (κ2) is 6.10. The quantitative estimate of drug-likeness (QED) is 0.842. The maximum absolute atomic E-state index is 12.5. The van der Waals surface area contributed by atoms with Crippen LogP contribution in [0.2, 0.25) is 0 Å². The van der Waals surface area contributed by atoms with Crippen molar-refractivity contribution in [2.75, 3.05) is 30.3 Å². The molecule has 0 spiro atoms. The molecule has 0 unspecified atom stereocenters. The first-order valence-corrected chi connectivity index (χ1v) is 8.43. The minimum atomic E-state index is 0.0254. The number of anilines is 1. The van der Waals surface area contributed by atoms with Crippen molar-refractivity contribution in [2.45, 2.75) is 24.7 Å². The standard InChI is InChI=1S/C16H20N2O2S/c1-12-6-8-17(9-7-12)15(19)10-18-13-4-2-3-5-14(13)21-11-16(18)20/h2-5,12H,6-11H2,1H3. The van der Waals surface area contributed by atoms with Crippen LogP contribution in [0.5, 0.6) is 0 Å². The predicted molar refractivity (Wildman–Crippen MR) is 84.5 cm³/mol. The van der Waals surface area contributed by atoms with Gasteiger partial charge in [0.1, 0.15) is 6.54 Å². The second-order valence-electron chi connectivity index (χ2n) is 5.80. The highest BCUT2D eigenvalue weighted by Crippen LogP contribution is 2.34. The van der Waals surface area contributed by atoms with Gasteiger partial charge in [-0.1, -0.05) is 19.1 Å². The third kappa shape index (κ3) is 3.07. The summed E-state index contributed by atoms with van der Waals surface area (Å²) in [5.74, 6) is 1.21. The van der Waals surface area contributed by atoms with E-state index >= 15 is 0 Å². The van der Waals surface area contributed by atoms with Crippen LogP contribution < -0.4 is 4.90 Å². The van der Waals surface area contributed by atoms with Gasteiger partial charge in [0, 0.05) is 18.0 Å². The van der Waals surface area contributed by atoms with E-state index in [0.717, 1.165) is 36.5 Å². The number of hydrogen-bond donors (Lipinski definition) is 0. The molecule has 0 aromatic heterocycles. The van der Waals surface area contributed by atoms with Gasteiger partial charge < -0.3 is 9.80 Å². The monoisotopic (exact) mass is 304 g/mol. The topological polar surface area (TPSA) is 40.6 Å². The van der Waals surface area contributed by atoms with Gasteiger partial charge in [-0.2, -0.15) is 0 Å². The lowest BCUT2D eigenvalue weighted by Crippen LogP contribution is -2.47. The number of carbonyl (C=O) groups is 2. The van der Waals surface area contributed by atoms with Crippen molar-refractivity contribution in [3.63, 3.8) is 0 Å². The molecule has 1 aromatic carbocycles. The number of hydrogen-bond acceptors (Lipinski definition) is 3. The average Bonchev–Trinajstić information content (AvgIpc) is 2.51. The molecule has 2 aliphatic heterocycles. The van der Waals surface area contributed by atoms with E-state index in [9.17, 15) is 9.59 Å². The van der Waals surface area contributed by atoms with Gasteiger partial charge in [-0.15, -0.1) is 11.8 Å². The zero-order valence-corrected chi connectivity index (χ0v) is 13.1. The lowest BCUT2D eigenvalue weighted by molar-refractivity contribution is -0.132. The van der Waals surface area contributed by atoms with Crippen molar-refractivity contribution >= 4 is 29.3 Å². The molecule has 0 atom stereocenters. The van der Waals surface area contributed by atoms with Crippen LogP contribution in [0.1, 0.15) is 19.8 Å². The molecule has 4 nitrogen and oxygen atoms in total. The van der Waals surface area contributed by atoms with Crippen LogP contribution in [-0.2, 0) is 9.59 Å². The van der Waals surface area contributed by atoms with E-state index in [4.69, 9.17) is 0 Å². The van der Waals surface area contributed by atoms with Crippen molar-refractivity contribution in [3.05, 3.63) is 24.3 Å². The molecule has 2 amide bonds. The summed E-state index contributed by atoms with van der Waals surface area (Å²) in [6.45, 7) is 4.03. The number of nitrogens with zero attached hydrogens (tertiary/aromatic N) is 2. The lowest BCUT2D eigenvalue weighted by atomic mass is 9.99. The van der Waals surface area contributed by atoms with Crippen molar-refractivity contribution in [2.24, 2.45) is 5.92 Å². The third-order valence-corrected chi connectivity index (χ3v) is 5.29. The fourth-order valence-corrected chi connectivity index (χ4v) is 3.76. The number of carbonyl (C=O) groups excluding carboxylic acids is 2. The van der Waals surface area contributed by atoms with Gasteiger partial charge in [0.2, 0.25) is 11.8 Å². The molecule has 0 aliphatic carbocycles. The molecule has 0 N–H and O–H groups in total. The third-order valence-electron chi connectivity index (χ3n) is 4.24. The Hall–Kier alpha value is -1.49. The first kappa shape index (κ1) is 14.4. The first-order chi connectivity index (χ1) is 10.1. The number of amides is 2. The number of likely N-dealkylation sites (tertiary alicyclic amines) is 1. The molecule has 0 bridgehead atoms. The van der Waals surface area contributed by atoms with Crippen LogP contribution in [0.3, 0.4) is 0 Å². The van der Waals surface area contributed by atoms with E-state index < -0.39 is 0 Å². The number of benzene rings is 1. The molecule has 1 saturated heterocycles. The van der Waals surface area contributed by atoms with Crippen LogP contribution in [0.25, 0.3) is 0 Å². The molecule has 1 aromatic rings. The van der Waals surface area contributed by atoms with Gasteiger partial charge in [-0.3, -0.25) is 9.59 Å². The van der Waals surface area contributed by atoms with E-state index in [-0.39, 0.29) is 18.4 Å². The smallest absolute Gasteiger partial charge is 0.242 e. The van der Waals surface area contributed by atoms with Crippen molar-refractivity contribution < 1.29 is 9.59 Å². The van der Waals surface area contributed by atoms with Gasteiger partial charge in [0.05, 0.1) is 11.4 Å². The van der Waals surface area contributed by atoms with E-state index in [1.807, 2.05) is 29.2 Å².